The van der Waals surface area contributed by atoms with Crippen molar-refractivity contribution in [2.75, 3.05) is 0 Å². The third kappa shape index (κ3) is 4.66. The Morgan fingerprint density at radius 3 is 2.46 bits per heavy atom. The fourth-order valence-electron chi connectivity index (χ4n) is 2.80. The van der Waals surface area contributed by atoms with Crippen LogP contribution in [0.15, 0.2) is 72.5 Å². The van der Waals surface area contributed by atoms with Gasteiger partial charge in [-0.2, -0.15) is 18.2 Å². The summed E-state index contributed by atoms with van der Waals surface area (Å²) in [4.78, 5) is 11.8. The molecular weight excluding hydrogens is 530 g/mol. The molecule has 0 saturated carbocycles. The van der Waals surface area contributed by atoms with Gasteiger partial charge < -0.3 is 5.11 Å². The molecule has 0 saturated heterocycles. The van der Waals surface area contributed by atoms with Crippen LogP contribution in [0.5, 0.6) is 0 Å². The van der Waals surface area contributed by atoms with Crippen LogP contribution < -0.4 is 4.68 Å². The third-order valence-electron chi connectivity index (χ3n) is 3.90. The van der Waals surface area contributed by atoms with Crippen LogP contribution in [-0.4, -0.2) is 20.8 Å². The second-order valence-corrected chi connectivity index (χ2v) is 6.09. The summed E-state index contributed by atoms with van der Waals surface area (Å²) >= 11 is 0. The minimum Gasteiger partial charge on any atom is -0.512 e. The third-order valence-corrected chi connectivity index (χ3v) is 3.90. The number of aliphatic hydroxyl groups excluding tert-OH is 1. The summed E-state index contributed by atoms with van der Waals surface area (Å²) in [7, 11) is 4.09. The average Bonchev–Trinajstić information content (AvgIpc) is 2.97. The first-order valence-electron chi connectivity index (χ1n) is 8.46. The summed E-state index contributed by atoms with van der Waals surface area (Å²) in [6.07, 6.45) is 1.17. The molecule has 1 N–H and O–H groups in total. The number of aromatic nitrogens is 3. The van der Waals surface area contributed by atoms with Gasteiger partial charge in [0.25, 0.3) is 0 Å². The van der Waals surface area contributed by atoms with Gasteiger partial charge in [-0.25, -0.2) is 0 Å². The number of nitrogens with zero attached hydrogens (tertiary/aromatic N) is 3. The molecule has 3 aromatic carbocycles. The molecule has 28 heavy (non-hydrogen) atoms. The van der Waals surface area contributed by atoms with Crippen molar-refractivity contribution in [2.45, 2.75) is 13.8 Å². The molecule has 0 spiro atoms. The van der Waals surface area contributed by atoms with Crippen LogP contribution in [0.3, 0.4) is 0 Å². The van der Waals surface area contributed by atoms with E-state index in [9.17, 15) is 4.79 Å². The molecule has 4 rings (SSSR count). The quantitative estimate of drug-likeness (QED) is 0.178. The molecule has 1 aromatic heterocycles. The van der Waals surface area contributed by atoms with Gasteiger partial charge >= 0.3 is 0 Å². The van der Waals surface area contributed by atoms with Crippen LogP contribution in [0, 0.1) is 13.1 Å². The fourth-order valence-corrected chi connectivity index (χ4v) is 2.80. The van der Waals surface area contributed by atoms with Crippen LogP contribution in [0.2, 0.25) is 0 Å². The molecule has 0 unspecified atom stereocenters. The first-order chi connectivity index (χ1) is 13.0. The molecular formula is C22H20IrN3O2-. The van der Waals surface area contributed by atoms with Gasteiger partial charge in [0.15, 0.2) is 11.3 Å². The second kappa shape index (κ2) is 9.31. The first kappa shape index (κ1) is 21.4. The van der Waals surface area contributed by atoms with E-state index >= 15 is 0 Å². The molecule has 0 aliphatic rings. The zero-order valence-electron chi connectivity index (χ0n) is 15.6. The molecule has 0 atom stereocenters. The number of hydrogen-bond donors (Lipinski definition) is 1. The first-order valence-corrected chi connectivity index (χ1v) is 8.46. The van der Waals surface area contributed by atoms with Crippen LogP contribution in [0.1, 0.15) is 13.8 Å². The Balaban J connectivity index is 0.000000306. The number of ketones is 1. The number of carbonyl (C=O) groups is 1. The van der Waals surface area contributed by atoms with E-state index in [0.29, 0.717) is 0 Å². The minimum absolute atomic E-state index is 0. The average molecular weight is 551 g/mol. The number of hydrogen-bond acceptors (Lipinski definition) is 3. The molecule has 5 nitrogen and oxygen atoms in total. The number of para-hydroxylation sites is 1. The summed E-state index contributed by atoms with van der Waals surface area (Å²) in [5.41, 5.74) is 2.83. The molecule has 0 amide bonds. The van der Waals surface area contributed by atoms with Crippen molar-refractivity contribution in [1.29, 1.82) is 0 Å². The largest absolute Gasteiger partial charge is 0.512 e. The predicted octanol–water partition coefficient (Wildman–Crippen LogP) is 3.94. The predicted molar refractivity (Wildman–Crippen MR) is 105 cm³/mol. The summed E-state index contributed by atoms with van der Waals surface area (Å²) in [6.45, 7) is 2.85. The number of aliphatic hydroxyl groups is 1. The SMILES string of the molecule is CC(=O)/C=C(/C)O.[CH2-][n+]1c2ccccc2nn1-c1[c-]ccc2ccccc12.[Ir]. The molecule has 4 aromatic rings. The van der Waals surface area contributed by atoms with Gasteiger partial charge in [-0.05, 0) is 19.9 Å². The van der Waals surface area contributed by atoms with Crippen LogP contribution in [0.25, 0.3) is 27.5 Å². The Labute approximate surface area is 177 Å². The maximum absolute atomic E-state index is 10.0. The summed E-state index contributed by atoms with van der Waals surface area (Å²) < 4.78 is 1.80. The number of benzene rings is 3. The van der Waals surface area contributed by atoms with E-state index in [2.05, 4.69) is 36.4 Å². The number of rotatable bonds is 2. The van der Waals surface area contributed by atoms with E-state index in [0.717, 1.165) is 22.1 Å². The Morgan fingerprint density at radius 1 is 1.14 bits per heavy atom. The van der Waals surface area contributed by atoms with Crippen molar-refractivity contribution in [3.05, 3.63) is 85.6 Å². The van der Waals surface area contributed by atoms with Gasteiger partial charge in [0.05, 0.1) is 11.3 Å². The monoisotopic (exact) mass is 551 g/mol. The smallest absolute Gasteiger partial charge is 0.169 e. The van der Waals surface area contributed by atoms with Crippen molar-refractivity contribution >= 4 is 27.6 Å². The Morgan fingerprint density at radius 2 is 1.82 bits per heavy atom. The molecule has 1 radical (unpaired) electrons. The Kier molecular flexibility index (Phi) is 7.10. The standard InChI is InChI=1S/C17H12N3.C5H8O2.Ir/c1-19-17-11-5-4-10-15(17)18-20(19)16-12-6-8-13-7-2-3-9-14(13)16;1-4(6)3-5(2)7;/h2-11H,1H2;3,6H,1-2H3;/q-1;;/b;4-3-;. The number of carbonyl (C=O) groups excluding carboxylic acids is 1. The summed E-state index contributed by atoms with van der Waals surface area (Å²) in [5.74, 6) is -0.0625. The van der Waals surface area contributed by atoms with Gasteiger partial charge in [-0.1, -0.05) is 53.6 Å². The fraction of sp³-hybridized carbons (Fsp3) is 0.0909. The minimum atomic E-state index is -0.125. The second-order valence-electron chi connectivity index (χ2n) is 6.09. The van der Waals surface area contributed by atoms with Crippen molar-refractivity contribution in [3.63, 3.8) is 0 Å². The van der Waals surface area contributed by atoms with E-state index in [4.69, 9.17) is 5.11 Å². The van der Waals surface area contributed by atoms with E-state index in [1.54, 1.807) is 9.48 Å². The van der Waals surface area contributed by atoms with Crippen LogP contribution >= 0.6 is 0 Å². The zero-order valence-corrected chi connectivity index (χ0v) is 18.0. The molecule has 1 heterocycles. The van der Waals surface area contributed by atoms with Gasteiger partial charge in [0, 0.05) is 37.0 Å². The van der Waals surface area contributed by atoms with Crippen LogP contribution in [-0.2, 0) is 24.9 Å². The zero-order chi connectivity index (χ0) is 19.4. The van der Waals surface area contributed by atoms with Crippen LogP contribution in [0.4, 0.5) is 0 Å². The molecule has 0 aliphatic heterocycles. The number of fused-ring (bicyclic) bond motifs is 2. The van der Waals surface area contributed by atoms with E-state index in [1.165, 1.54) is 25.3 Å². The van der Waals surface area contributed by atoms with E-state index in [1.807, 2.05) is 42.5 Å². The van der Waals surface area contributed by atoms with E-state index in [-0.39, 0.29) is 31.6 Å². The van der Waals surface area contributed by atoms with Gasteiger partial charge in [0.1, 0.15) is 0 Å². The van der Waals surface area contributed by atoms with Crippen molar-refractivity contribution in [2.24, 2.45) is 0 Å². The summed E-state index contributed by atoms with van der Waals surface area (Å²) in [6, 6.07) is 23.4. The Bertz CT molecular complexity index is 1140. The van der Waals surface area contributed by atoms with Gasteiger partial charge in [0.2, 0.25) is 0 Å². The molecule has 0 aliphatic carbocycles. The van der Waals surface area contributed by atoms with Gasteiger partial charge in [-0.15, -0.1) is 11.5 Å². The molecule has 6 heteroatoms. The van der Waals surface area contributed by atoms with Crippen molar-refractivity contribution in [3.8, 4) is 5.69 Å². The van der Waals surface area contributed by atoms with Crippen molar-refractivity contribution < 1.29 is 34.7 Å². The molecule has 0 bridgehead atoms. The molecule has 145 valence electrons. The maximum atomic E-state index is 10.0. The van der Waals surface area contributed by atoms with Gasteiger partial charge in [-0.3, -0.25) is 9.48 Å². The Hall–Kier alpha value is -2.95. The summed E-state index contributed by atoms with van der Waals surface area (Å²) in [5, 5.41) is 15.3. The van der Waals surface area contributed by atoms with Crippen molar-refractivity contribution in [1.82, 2.24) is 9.90 Å². The number of allylic oxidation sites excluding steroid dienone is 2. The maximum Gasteiger partial charge on any atom is 0.169 e. The van der Waals surface area contributed by atoms with E-state index < -0.39 is 0 Å². The normalized spacial score (nSPS) is 10.9. The molecule has 0 fully saturated rings. The topological polar surface area (TPSA) is 59.0 Å².